The minimum absolute atomic E-state index is 0.695. The van der Waals surface area contributed by atoms with Gasteiger partial charge < -0.3 is 0 Å². The van der Waals surface area contributed by atoms with Crippen LogP contribution in [0.15, 0.2) is 152 Å². The summed E-state index contributed by atoms with van der Waals surface area (Å²) in [7, 11) is 0. The Bertz CT molecular complexity index is 3640. The number of benzene rings is 8. The molecule has 0 N–H and O–H groups in total. The minimum atomic E-state index is 0.695. The standard InChI is InChI=1S/C48H25N3S/c1-2-11-27-24-28(21-20-26(27)10-1)45-47-46(36-16-7-8-19-40(36)52-47)50-48(49-45)51-38-18-9-17-33-29-12-3-4-13-30(29)35-23-22-34-31-14-5-6-15-32(31)37-25-39(51)44(42(33)38)43(35)41(34)37/h1-25H. The Balaban J connectivity index is 1.27. The van der Waals surface area contributed by atoms with Gasteiger partial charge in [0.25, 0.3) is 0 Å². The molecular weight excluding hydrogens is 651 g/mol. The van der Waals surface area contributed by atoms with Crippen molar-refractivity contribution < 1.29 is 0 Å². The van der Waals surface area contributed by atoms with Gasteiger partial charge in [0.2, 0.25) is 5.95 Å². The van der Waals surface area contributed by atoms with Gasteiger partial charge in [-0.3, -0.25) is 4.57 Å². The van der Waals surface area contributed by atoms with Gasteiger partial charge in [0.05, 0.1) is 26.9 Å². The summed E-state index contributed by atoms with van der Waals surface area (Å²) in [6.07, 6.45) is 0. The van der Waals surface area contributed by atoms with Crippen molar-refractivity contribution in [3.63, 3.8) is 0 Å². The van der Waals surface area contributed by atoms with E-state index in [9.17, 15) is 0 Å². The second kappa shape index (κ2) is 9.58. The van der Waals surface area contributed by atoms with E-state index >= 15 is 0 Å². The van der Waals surface area contributed by atoms with Gasteiger partial charge in [-0.1, -0.05) is 127 Å². The fourth-order valence-electron chi connectivity index (χ4n) is 9.32. The van der Waals surface area contributed by atoms with E-state index in [0.29, 0.717) is 5.95 Å². The quantitative estimate of drug-likeness (QED) is 0.183. The SMILES string of the molecule is c1ccc2cc(-c3nc(-n4c5cccc6c7ccccc7c7ccc8c9ccccc9c9cc4c(c7c89)c65)nc4c3sc3ccccc34)ccc2c1. The molecule has 0 aliphatic carbocycles. The van der Waals surface area contributed by atoms with Crippen LogP contribution < -0.4 is 0 Å². The zero-order valence-corrected chi connectivity index (χ0v) is 28.5. The maximum absolute atomic E-state index is 5.59. The van der Waals surface area contributed by atoms with Crippen LogP contribution in [0.25, 0.3) is 124 Å². The van der Waals surface area contributed by atoms with E-state index < -0.39 is 0 Å². The summed E-state index contributed by atoms with van der Waals surface area (Å²) in [5.74, 6) is 0.695. The molecule has 0 radical (unpaired) electrons. The molecule has 3 aromatic heterocycles. The lowest BCUT2D eigenvalue weighted by Crippen LogP contribution is -2.03. The third-order valence-corrected chi connectivity index (χ3v) is 12.6. The number of fused-ring (bicyclic) bond motifs is 10. The predicted molar refractivity (Wildman–Crippen MR) is 222 cm³/mol. The molecule has 13 rings (SSSR count). The highest BCUT2D eigenvalue weighted by molar-refractivity contribution is 7.26. The second-order valence-corrected chi connectivity index (χ2v) is 15.1. The maximum atomic E-state index is 5.59. The number of aromatic nitrogens is 3. The van der Waals surface area contributed by atoms with Crippen molar-refractivity contribution in [1.29, 1.82) is 0 Å². The summed E-state index contributed by atoms with van der Waals surface area (Å²) in [6.45, 7) is 0. The summed E-state index contributed by atoms with van der Waals surface area (Å²) in [6, 6.07) is 55.6. The third kappa shape index (κ3) is 3.31. The lowest BCUT2D eigenvalue weighted by atomic mass is 9.97. The van der Waals surface area contributed by atoms with Crippen LogP contribution in [0.3, 0.4) is 0 Å². The minimum Gasteiger partial charge on any atom is -0.278 e. The number of hydrogen-bond donors (Lipinski definition) is 0. The first-order valence-corrected chi connectivity index (χ1v) is 18.6. The van der Waals surface area contributed by atoms with Crippen LogP contribution in [0, 0.1) is 0 Å². The summed E-state index contributed by atoms with van der Waals surface area (Å²) in [5.41, 5.74) is 5.32. The summed E-state index contributed by atoms with van der Waals surface area (Å²) in [4.78, 5) is 11.1. The summed E-state index contributed by atoms with van der Waals surface area (Å²) in [5, 5.41) is 19.0. The van der Waals surface area contributed by atoms with Crippen LogP contribution in [0.4, 0.5) is 0 Å². The van der Waals surface area contributed by atoms with Gasteiger partial charge >= 0.3 is 0 Å². The molecule has 0 spiro atoms. The van der Waals surface area contributed by atoms with Gasteiger partial charge in [-0.25, -0.2) is 9.97 Å². The molecule has 3 nitrogen and oxygen atoms in total. The zero-order chi connectivity index (χ0) is 33.7. The van der Waals surface area contributed by atoms with Crippen molar-refractivity contribution in [2.24, 2.45) is 0 Å². The van der Waals surface area contributed by atoms with Crippen LogP contribution in [0.2, 0.25) is 0 Å². The first-order valence-electron chi connectivity index (χ1n) is 17.8. The molecule has 0 atom stereocenters. The Kier molecular flexibility index (Phi) is 5.00. The number of rotatable bonds is 2. The van der Waals surface area contributed by atoms with Gasteiger partial charge in [0, 0.05) is 31.8 Å². The third-order valence-electron chi connectivity index (χ3n) is 11.5. The van der Waals surface area contributed by atoms with Crippen LogP contribution >= 0.6 is 11.3 Å². The van der Waals surface area contributed by atoms with Gasteiger partial charge in [0.1, 0.15) is 0 Å². The van der Waals surface area contributed by atoms with Crippen molar-refractivity contribution in [1.82, 2.24) is 14.5 Å². The van der Waals surface area contributed by atoms with E-state index in [2.05, 4.69) is 156 Å². The van der Waals surface area contributed by atoms with E-state index in [0.717, 1.165) is 37.9 Å². The van der Waals surface area contributed by atoms with E-state index in [-0.39, 0.29) is 0 Å². The molecule has 10 aromatic carbocycles. The fourth-order valence-corrected chi connectivity index (χ4v) is 10.5. The average molecular weight is 676 g/mol. The number of thiophene rings is 1. The number of hydrogen-bond acceptors (Lipinski definition) is 3. The molecule has 0 saturated carbocycles. The summed E-state index contributed by atoms with van der Waals surface area (Å²) >= 11 is 1.78. The van der Waals surface area contributed by atoms with Crippen molar-refractivity contribution in [2.45, 2.75) is 0 Å². The molecule has 0 aliphatic heterocycles. The largest absolute Gasteiger partial charge is 0.278 e. The van der Waals surface area contributed by atoms with Crippen molar-refractivity contribution >= 4 is 118 Å². The normalized spacial score (nSPS) is 12.6. The summed E-state index contributed by atoms with van der Waals surface area (Å²) < 4.78 is 4.68. The molecule has 0 bridgehead atoms. The topological polar surface area (TPSA) is 30.7 Å². The molecule has 0 amide bonds. The molecule has 3 heterocycles. The number of nitrogens with zero attached hydrogens (tertiary/aromatic N) is 3. The molecule has 0 unspecified atom stereocenters. The Morgan fingerprint density at radius 2 is 1.04 bits per heavy atom. The van der Waals surface area contributed by atoms with Crippen LogP contribution in [-0.4, -0.2) is 14.5 Å². The molecular formula is C48H25N3S. The van der Waals surface area contributed by atoms with E-state index in [1.54, 1.807) is 11.3 Å². The van der Waals surface area contributed by atoms with Gasteiger partial charge in [-0.15, -0.1) is 11.3 Å². The highest BCUT2D eigenvalue weighted by atomic mass is 32.1. The molecule has 238 valence electrons. The molecule has 0 saturated heterocycles. The van der Waals surface area contributed by atoms with E-state index in [4.69, 9.17) is 9.97 Å². The Morgan fingerprint density at radius 3 is 1.83 bits per heavy atom. The first-order chi connectivity index (χ1) is 25.8. The lowest BCUT2D eigenvalue weighted by Gasteiger charge is -2.12. The Hall–Kier alpha value is -6.62. The van der Waals surface area contributed by atoms with Gasteiger partial charge in [0.15, 0.2) is 0 Å². The van der Waals surface area contributed by atoms with Crippen LogP contribution in [-0.2, 0) is 0 Å². The molecule has 52 heavy (non-hydrogen) atoms. The Labute approximate surface area is 300 Å². The van der Waals surface area contributed by atoms with E-state index in [1.165, 1.54) is 80.1 Å². The Morgan fingerprint density at radius 1 is 0.404 bits per heavy atom. The van der Waals surface area contributed by atoms with Gasteiger partial charge in [-0.05, 0) is 83.5 Å². The first kappa shape index (κ1) is 27.1. The highest BCUT2D eigenvalue weighted by Crippen LogP contribution is 2.50. The molecule has 4 heteroatoms. The van der Waals surface area contributed by atoms with Crippen molar-refractivity contribution in [3.05, 3.63) is 152 Å². The van der Waals surface area contributed by atoms with E-state index in [1.807, 2.05) is 0 Å². The molecule has 0 aliphatic rings. The van der Waals surface area contributed by atoms with Gasteiger partial charge in [-0.2, -0.15) is 0 Å². The fraction of sp³-hybridized carbons (Fsp3) is 0. The van der Waals surface area contributed by atoms with Crippen LogP contribution in [0.5, 0.6) is 0 Å². The second-order valence-electron chi connectivity index (χ2n) is 14.1. The highest BCUT2D eigenvalue weighted by Gasteiger charge is 2.26. The van der Waals surface area contributed by atoms with Crippen molar-refractivity contribution in [2.75, 3.05) is 0 Å². The predicted octanol–water partition coefficient (Wildman–Crippen LogP) is 13.4. The zero-order valence-electron chi connectivity index (χ0n) is 27.7. The average Bonchev–Trinajstić information content (AvgIpc) is 3.83. The lowest BCUT2D eigenvalue weighted by molar-refractivity contribution is 1.02. The smallest absolute Gasteiger partial charge is 0.235 e. The molecule has 0 fully saturated rings. The monoisotopic (exact) mass is 675 g/mol. The van der Waals surface area contributed by atoms with Crippen molar-refractivity contribution in [3.8, 4) is 17.2 Å². The molecule has 13 aromatic rings. The maximum Gasteiger partial charge on any atom is 0.235 e. The van der Waals surface area contributed by atoms with Crippen LogP contribution in [0.1, 0.15) is 0 Å².